The molecule has 19 heavy (non-hydrogen) atoms. The SMILES string of the molecule is Nc1c(OCC2CC2)ccc2c1Cc1ccccc1-2. The van der Waals surface area contributed by atoms with E-state index in [1.54, 1.807) is 0 Å². The zero-order valence-corrected chi connectivity index (χ0v) is 10.9. The molecule has 0 heterocycles. The summed E-state index contributed by atoms with van der Waals surface area (Å²) < 4.78 is 5.86. The van der Waals surface area contributed by atoms with Crippen molar-refractivity contribution in [3.63, 3.8) is 0 Å². The summed E-state index contributed by atoms with van der Waals surface area (Å²) in [5.41, 5.74) is 12.3. The topological polar surface area (TPSA) is 35.2 Å². The fourth-order valence-corrected chi connectivity index (χ4v) is 2.83. The standard InChI is InChI=1S/C17H17NO/c18-17-15-9-12-3-1-2-4-13(12)14(15)7-8-16(17)19-10-11-5-6-11/h1-4,7-8,11H,5-6,9-10,18H2. The lowest BCUT2D eigenvalue weighted by Gasteiger charge is -2.12. The molecule has 0 amide bonds. The Morgan fingerprint density at radius 2 is 1.89 bits per heavy atom. The number of hydrogen-bond donors (Lipinski definition) is 1. The van der Waals surface area contributed by atoms with Crippen molar-refractivity contribution in [2.75, 3.05) is 12.3 Å². The summed E-state index contributed by atoms with van der Waals surface area (Å²) >= 11 is 0. The zero-order valence-electron chi connectivity index (χ0n) is 10.9. The summed E-state index contributed by atoms with van der Waals surface area (Å²) in [5.74, 6) is 1.61. The molecule has 2 aliphatic rings. The minimum atomic E-state index is 0.754. The van der Waals surface area contributed by atoms with Crippen LogP contribution in [0, 0.1) is 5.92 Å². The monoisotopic (exact) mass is 251 g/mol. The second kappa shape index (κ2) is 4.02. The fourth-order valence-electron chi connectivity index (χ4n) is 2.83. The Kier molecular flexibility index (Phi) is 2.31. The van der Waals surface area contributed by atoms with Crippen LogP contribution in [-0.4, -0.2) is 6.61 Å². The summed E-state index contributed by atoms with van der Waals surface area (Å²) in [6.07, 6.45) is 3.53. The molecule has 2 nitrogen and oxygen atoms in total. The first-order valence-electron chi connectivity index (χ1n) is 6.95. The van der Waals surface area contributed by atoms with Crippen LogP contribution in [0.3, 0.4) is 0 Å². The highest BCUT2D eigenvalue weighted by Gasteiger charge is 2.24. The van der Waals surface area contributed by atoms with Crippen LogP contribution in [0.1, 0.15) is 24.0 Å². The number of ether oxygens (including phenoxy) is 1. The van der Waals surface area contributed by atoms with Crippen LogP contribution in [0.5, 0.6) is 5.75 Å². The molecule has 2 N–H and O–H groups in total. The van der Waals surface area contributed by atoms with Gasteiger partial charge in [-0.2, -0.15) is 0 Å². The average molecular weight is 251 g/mol. The van der Waals surface area contributed by atoms with Gasteiger partial charge in [-0.05, 0) is 47.1 Å². The Balaban J connectivity index is 1.70. The van der Waals surface area contributed by atoms with Crippen LogP contribution in [0.15, 0.2) is 36.4 Å². The van der Waals surface area contributed by atoms with Crippen molar-refractivity contribution in [2.24, 2.45) is 5.92 Å². The Bertz CT molecular complexity index is 644. The van der Waals surface area contributed by atoms with Crippen molar-refractivity contribution >= 4 is 5.69 Å². The molecule has 4 rings (SSSR count). The van der Waals surface area contributed by atoms with Crippen LogP contribution in [0.2, 0.25) is 0 Å². The normalized spacial score (nSPS) is 16.0. The number of nitrogens with two attached hydrogens (primary N) is 1. The van der Waals surface area contributed by atoms with Gasteiger partial charge >= 0.3 is 0 Å². The maximum atomic E-state index is 6.30. The molecule has 96 valence electrons. The van der Waals surface area contributed by atoms with Crippen molar-refractivity contribution in [3.05, 3.63) is 47.5 Å². The predicted molar refractivity (Wildman–Crippen MR) is 77.3 cm³/mol. The molecule has 1 fully saturated rings. The zero-order chi connectivity index (χ0) is 12.8. The van der Waals surface area contributed by atoms with E-state index in [9.17, 15) is 0 Å². The molecule has 2 aromatic carbocycles. The van der Waals surface area contributed by atoms with Gasteiger partial charge in [-0.3, -0.25) is 0 Å². The molecule has 1 saturated carbocycles. The molecule has 0 unspecified atom stereocenters. The highest BCUT2D eigenvalue weighted by atomic mass is 16.5. The second-order valence-corrected chi connectivity index (χ2v) is 5.59. The third-order valence-corrected chi connectivity index (χ3v) is 4.16. The highest BCUT2D eigenvalue weighted by Crippen LogP contribution is 2.43. The Morgan fingerprint density at radius 1 is 1.05 bits per heavy atom. The lowest BCUT2D eigenvalue weighted by Crippen LogP contribution is -2.03. The maximum Gasteiger partial charge on any atom is 0.142 e. The van der Waals surface area contributed by atoms with Gasteiger partial charge < -0.3 is 10.5 Å². The molecule has 2 aliphatic carbocycles. The van der Waals surface area contributed by atoms with E-state index >= 15 is 0 Å². The highest BCUT2D eigenvalue weighted by molar-refractivity contribution is 5.83. The van der Waals surface area contributed by atoms with Crippen LogP contribution in [0.4, 0.5) is 5.69 Å². The van der Waals surface area contributed by atoms with E-state index in [4.69, 9.17) is 10.5 Å². The number of anilines is 1. The summed E-state index contributed by atoms with van der Waals surface area (Å²) in [6, 6.07) is 12.7. The van der Waals surface area contributed by atoms with E-state index in [0.29, 0.717) is 0 Å². The number of rotatable bonds is 3. The molecule has 0 atom stereocenters. The Hall–Kier alpha value is -1.96. The molecule has 0 saturated heterocycles. The molecule has 2 heteroatoms. The van der Waals surface area contributed by atoms with Gasteiger partial charge in [-0.25, -0.2) is 0 Å². The van der Waals surface area contributed by atoms with E-state index < -0.39 is 0 Å². The molecule has 0 spiro atoms. The lowest BCUT2D eigenvalue weighted by atomic mass is 10.0. The number of hydrogen-bond acceptors (Lipinski definition) is 2. The van der Waals surface area contributed by atoms with Crippen molar-refractivity contribution < 1.29 is 4.74 Å². The smallest absolute Gasteiger partial charge is 0.142 e. The van der Waals surface area contributed by atoms with Gasteiger partial charge in [0.15, 0.2) is 0 Å². The van der Waals surface area contributed by atoms with Gasteiger partial charge in [0.25, 0.3) is 0 Å². The van der Waals surface area contributed by atoms with Crippen molar-refractivity contribution in [3.8, 4) is 16.9 Å². The van der Waals surface area contributed by atoms with Gasteiger partial charge in [0, 0.05) is 6.42 Å². The minimum Gasteiger partial charge on any atom is -0.491 e. The van der Waals surface area contributed by atoms with E-state index in [0.717, 1.165) is 30.4 Å². The number of benzene rings is 2. The summed E-state index contributed by atoms with van der Waals surface area (Å²) in [6.45, 7) is 0.815. The average Bonchev–Trinajstić information content (AvgIpc) is 3.18. The van der Waals surface area contributed by atoms with Crippen molar-refractivity contribution in [1.82, 2.24) is 0 Å². The van der Waals surface area contributed by atoms with Crippen LogP contribution < -0.4 is 10.5 Å². The summed E-state index contributed by atoms with van der Waals surface area (Å²) in [5, 5.41) is 0. The van der Waals surface area contributed by atoms with Crippen molar-refractivity contribution in [2.45, 2.75) is 19.3 Å². The van der Waals surface area contributed by atoms with Crippen LogP contribution in [0.25, 0.3) is 11.1 Å². The van der Waals surface area contributed by atoms with Gasteiger partial charge in [0.05, 0.1) is 12.3 Å². The number of nitrogen functional groups attached to an aromatic ring is 1. The lowest BCUT2D eigenvalue weighted by molar-refractivity contribution is 0.301. The minimum absolute atomic E-state index is 0.754. The fraction of sp³-hybridized carbons (Fsp3) is 0.294. The van der Waals surface area contributed by atoms with E-state index in [-0.39, 0.29) is 0 Å². The molecular weight excluding hydrogens is 234 g/mol. The van der Waals surface area contributed by atoms with Crippen molar-refractivity contribution in [1.29, 1.82) is 0 Å². The summed E-state index contributed by atoms with van der Waals surface area (Å²) in [7, 11) is 0. The number of fused-ring (bicyclic) bond motifs is 3. The summed E-state index contributed by atoms with van der Waals surface area (Å²) in [4.78, 5) is 0. The molecule has 0 bridgehead atoms. The first kappa shape index (κ1) is 10.9. The molecular formula is C17H17NO. The van der Waals surface area contributed by atoms with E-state index in [1.807, 2.05) is 6.07 Å². The Labute approximate surface area is 113 Å². The van der Waals surface area contributed by atoms with Crippen LogP contribution in [-0.2, 0) is 6.42 Å². The van der Waals surface area contributed by atoms with Gasteiger partial charge in [0.2, 0.25) is 0 Å². The Morgan fingerprint density at radius 3 is 2.74 bits per heavy atom. The quantitative estimate of drug-likeness (QED) is 0.721. The van der Waals surface area contributed by atoms with E-state index in [1.165, 1.54) is 35.1 Å². The van der Waals surface area contributed by atoms with E-state index in [2.05, 4.69) is 30.3 Å². The third kappa shape index (κ3) is 1.79. The second-order valence-electron chi connectivity index (χ2n) is 5.59. The van der Waals surface area contributed by atoms with Gasteiger partial charge in [-0.15, -0.1) is 0 Å². The third-order valence-electron chi connectivity index (χ3n) is 4.16. The maximum absolute atomic E-state index is 6.30. The molecule has 0 aliphatic heterocycles. The first-order valence-corrected chi connectivity index (χ1v) is 6.95. The molecule has 0 radical (unpaired) electrons. The predicted octanol–water partition coefficient (Wildman–Crippen LogP) is 3.63. The largest absolute Gasteiger partial charge is 0.491 e. The van der Waals surface area contributed by atoms with Gasteiger partial charge in [-0.1, -0.05) is 30.3 Å². The molecule has 2 aromatic rings. The molecule has 0 aromatic heterocycles. The van der Waals surface area contributed by atoms with Gasteiger partial charge in [0.1, 0.15) is 5.75 Å². The van der Waals surface area contributed by atoms with Crippen LogP contribution >= 0.6 is 0 Å². The first-order chi connectivity index (χ1) is 9.33.